The van der Waals surface area contributed by atoms with Gasteiger partial charge in [-0.1, -0.05) is 247 Å². The van der Waals surface area contributed by atoms with Crippen molar-refractivity contribution >= 4 is 17.9 Å². The summed E-state index contributed by atoms with van der Waals surface area (Å²) in [5.74, 6) is 1.60. The van der Waals surface area contributed by atoms with E-state index < -0.39 is 6.10 Å². The quantitative estimate of drug-likeness (QED) is 0.0345. The van der Waals surface area contributed by atoms with Crippen molar-refractivity contribution in [3.05, 3.63) is 0 Å². The minimum absolute atomic E-state index is 0.0652. The number of hydrogen-bond donors (Lipinski definition) is 0. The van der Waals surface area contributed by atoms with E-state index >= 15 is 0 Å². The SMILES string of the molecule is CC(C)CCCCCCCCCCCCCCCC(=O)OC[C@H](COC(=O)CCCCCCCCCCCCCCC(C)C)OC(=O)CCCCCCCCCC(C)C. The van der Waals surface area contributed by atoms with Gasteiger partial charge < -0.3 is 14.2 Å². The maximum atomic E-state index is 12.7. The molecule has 0 aliphatic heterocycles. The first kappa shape index (κ1) is 57.4. The van der Waals surface area contributed by atoms with E-state index in [1.165, 1.54) is 167 Å². The summed E-state index contributed by atoms with van der Waals surface area (Å²) in [5.41, 5.74) is 0. The van der Waals surface area contributed by atoms with Crippen molar-refractivity contribution in [3.8, 4) is 0 Å². The number of hydrogen-bond acceptors (Lipinski definition) is 6. The van der Waals surface area contributed by atoms with Crippen LogP contribution in [0.15, 0.2) is 0 Å². The molecule has 0 fully saturated rings. The Morgan fingerprint density at radius 1 is 0.288 bits per heavy atom. The largest absolute Gasteiger partial charge is 0.462 e. The van der Waals surface area contributed by atoms with Crippen LogP contribution in [0.25, 0.3) is 0 Å². The molecule has 0 aromatic heterocycles. The summed E-state index contributed by atoms with van der Waals surface area (Å²) in [6.07, 6.45) is 43.8. The van der Waals surface area contributed by atoms with E-state index in [9.17, 15) is 14.4 Å². The predicted octanol–water partition coefficient (Wildman–Crippen LogP) is 16.8. The smallest absolute Gasteiger partial charge is 0.306 e. The maximum absolute atomic E-state index is 12.7. The monoisotopic (exact) mass is 835 g/mol. The van der Waals surface area contributed by atoms with Gasteiger partial charge in [0, 0.05) is 19.3 Å². The summed E-state index contributed by atoms with van der Waals surface area (Å²) in [6.45, 7) is 13.7. The van der Waals surface area contributed by atoms with Gasteiger partial charge in [0.1, 0.15) is 13.2 Å². The second-order valence-corrected chi connectivity index (χ2v) is 19.6. The fraction of sp³-hybridized carbons (Fsp3) is 0.943. The zero-order valence-electron chi connectivity index (χ0n) is 40.5. The third kappa shape index (κ3) is 47.3. The zero-order chi connectivity index (χ0) is 43.4. The van der Waals surface area contributed by atoms with Crippen LogP contribution in [0, 0.1) is 17.8 Å². The Labute approximate surface area is 368 Å². The second-order valence-electron chi connectivity index (χ2n) is 19.6. The zero-order valence-corrected chi connectivity index (χ0v) is 40.5. The predicted molar refractivity (Wildman–Crippen MR) is 252 cm³/mol. The topological polar surface area (TPSA) is 78.9 Å². The molecule has 0 rings (SSSR count). The molecule has 0 aliphatic carbocycles. The Morgan fingerprint density at radius 2 is 0.492 bits per heavy atom. The van der Waals surface area contributed by atoms with Crippen LogP contribution in [0.4, 0.5) is 0 Å². The highest BCUT2D eigenvalue weighted by atomic mass is 16.6. The molecule has 0 aliphatic rings. The van der Waals surface area contributed by atoms with Gasteiger partial charge in [0.15, 0.2) is 6.10 Å². The van der Waals surface area contributed by atoms with Crippen LogP contribution in [0.3, 0.4) is 0 Å². The molecule has 0 saturated heterocycles. The van der Waals surface area contributed by atoms with Crippen molar-refractivity contribution in [2.24, 2.45) is 17.8 Å². The van der Waals surface area contributed by atoms with Crippen molar-refractivity contribution in [1.82, 2.24) is 0 Å². The minimum Gasteiger partial charge on any atom is -0.462 e. The average Bonchev–Trinajstić information content (AvgIpc) is 3.19. The van der Waals surface area contributed by atoms with E-state index in [4.69, 9.17) is 14.2 Å². The van der Waals surface area contributed by atoms with Gasteiger partial charge in [-0.25, -0.2) is 0 Å². The summed E-state index contributed by atoms with van der Waals surface area (Å²) in [4.78, 5) is 37.9. The van der Waals surface area contributed by atoms with Gasteiger partial charge >= 0.3 is 17.9 Å². The van der Waals surface area contributed by atoms with E-state index in [0.717, 1.165) is 75.5 Å². The normalized spacial score (nSPS) is 12.2. The Morgan fingerprint density at radius 3 is 0.729 bits per heavy atom. The van der Waals surface area contributed by atoms with Crippen molar-refractivity contribution in [3.63, 3.8) is 0 Å². The third-order valence-electron chi connectivity index (χ3n) is 11.9. The number of esters is 3. The molecule has 0 saturated carbocycles. The lowest BCUT2D eigenvalue weighted by molar-refractivity contribution is -0.167. The van der Waals surface area contributed by atoms with Gasteiger partial charge in [-0.05, 0) is 37.0 Å². The number of carbonyl (C=O) groups is 3. The highest BCUT2D eigenvalue weighted by Gasteiger charge is 2.19. The van der Waals surface area contributed by atoms with Gasteiger partial charge in [-0.3, -0.25) is 14.4 Å². The average molecular weight is 835 g/mol. The fourth-order valence-electron chi connectivity index (χ4n) is 7.94. The van der Waals surface area contributed by atoms with Crippen LogP contribution >= 0.6 is 0 Å². The molecule has 59 heavy (non-hydrogen) atoms. The van der Waals surface area contributed by atoms with Crippen LogP contribution in [-0.4, -0.2) is 37.2 Å². The molecule has 1 atom stereocenters. The lowest BCUT2D eigenvalue weighted by Crippen LogP contribution is -2.30. The lowest BCUT2D eigenvalue weighted by Gasteiger charge is -2.18. The molecule has 6 nitrogen and oxygen atoms in total. The summed E-state index contributed by atoms with van der Waals surface area (Å²) >= 11 is 0. The van der Waals surface area contributed by atoms with E-state index in [0.29, 0.717) is 19.3 Å². The third-order valence-corrected chi connectivity index (χ3v) is 11.9. The first-order valence-electron chi connectivity index (χ1n) is 26.1. The molecule has 0 radical (unpaired) electrons. The molecule has 350 valence electrons. The summed E-state index contributed by atoms with van der Waals surface area (Å²) < 4.78 is 16.8. The summed E-state index contributed by atoms with van der Waals surface area (Å²) in [6, 6.07) is 0. The molecule has 0 amide bonds. The Bertz CT molecular complexity index is 914. The molecule has 0 aromatic rings. The lowest BCUT2D eigenvalue weighted by atomic mass is 10.0. The Hall–Kier alpha value is -1.59. The van der Waals surface area contributed by atoms with Crippen molar-refractivity contribution in [2.75, 3.05) is 13.2 Å². The van der Waals surface area contributed by atoms with Gasteiger partial charge in [0.25, 0.3) is 0 Å². The standard InChI is InChI=1S/C53H102O6/c1-47(2)39-33-27-21-16-12-8-7-9-14-18-24-30-36-42-51(54)57-45-50(59-53(56)44-38-32-26-20-23-29-35-41-49(5)6)46-58-52(55)43-37-31-25-19-15-11-10-13-17-22-28-34-40-48(3)4/h47-50H,7-46H2,1-6H3/t50-/m1/s1. The van der Waals surface area contributed by atoms with E-state index in [1.807, 2.05) is 0 Å². The van der Waals surface area contributed by atoms with Gasteiger partial charge in [0.2, 0.25) is 0 Å². The van der Waals surface area contributed by atoms with Crippen LogP contribution < -0.4 is 0 Å². The molecular formula is C53H102O6. The first-order chi connectivity index (χ1) is 28.6. The van der Waals surface area contributed by atoms with E-state index in [-0.39, 0.29) is 31.1 Å². The first-order valence-corrected chi connectivity index (χ1v) is 26.1. The van der Waals surface area contributed by atoms with Crippen molar-refractivity contribution in [1.29, 1.82) is 0 Å². The molecule has 0 unspecified atom stereocenters. The molecular weight excluding hydrogens is 733 g/mol. The summed E-state index contributed by atoms with van der Waals surface area (Å²) in [5, 5.41) is 0. The second kappa shape index (κ2) is 44.5. The highest BCUT2D eigenvalue weighted by molar-refractivity contribution is 5.71. The van der Waals surface area contributed by atoms with E-state index in [1.54, 1.807) is 0 Å². The number of rotatable bonds is 46. The van der Waals surface area contributed by atoms with Crippen LogP contribution in [-0.2, 0) is 28.6 Å². The summed E-state index contributed by atoms with van der Waals surface area (Å²) in [7, 11) is 0. The van der Waals surface area contributed by atoms with Gasteiger partial charge in [0.05, 0.1) is 0 Å². The van der Waals surface area contributed by atoms with Gasteiger partial charge in [-0.2, -0.15) is 0 Å². The fourth-order valence-corrected chi connectivity index (χ4v) is 7.94. The molecule has 0 bridgehead atoms. The highest BCUT2D eigenvalue weighted by Crippen LogP contribution is 2.18. The number of unbranched alkanes of at least 4 members (excludes halogenated alkanes) is 29. The Kier molecular flexibility index (Phi) is 43.3. The molecule has 0 N–H and O–H groups in total. The van der Waals surface area contributed by atoms with Crippen LogP contribution in [0.5, 0.6) is 0 Å². The van der Waals surface area contributed by atoms with Gasteiger partial charge in [-0.15, -0.1) is 0 Å². The molecule has 0 spiro atoms. The number of carbonyl (C=O) groups excluding carboxylic acids is 3. The van der Waals surface area contributed by atoms with Crippen molar-refractivity contribution < 1.29 is 28.6 Å². The molecule has 0 aromatic carbocycles. The van der Waals surface area contributed by atoms with Crippen LogP contribution in [0.1, 0.15) is 286 Å². The minimum atomic E-state index is -0.763. The number of ether oxygens (including phenoxy) is 3. The molecule has 6 heteroatoms. The van der Waals surface area contributed by atoms with Crippen LogP contribution in [0.2, 0.25) is 0 Å². The van der Waals surface area contributed by atoms with Crippen molar-refractivity contribution in [2.45, 2.75) is 292 Å². The maximum Gasteiger partial charge on any atom is 0.306 e. The van der Waals surface area contributed by atoms with E-state index in [2.05, 4.69) is 41.5 Å². The Balaban J connectivity index is 4.27. The molecule has 0 heterocycles.